The van der Waals surface area contributed by atoms with E-state index in [1.165, 1.54) is 16.1 Å². The minimum atomic E-state index is -3.15. The lowest BCUT2D eigenvalue weighted by Gasteiger charge is -2.34. The molecule has 0 bridgehead atoms. The highest BCUT2D eigenvalue weighted by molar-refractivity contribution is 7.88. The largest absolute Gasteiger partial charge is 0.488 e. The summed E-state index contributed by atoms with van der Waals surface area (Å²) in [4.78, 5) is 15.8. The summed E-state index contributed by atoms with van der Waals surface area (Å²) in [5.41, 5.74) is 4.33. The second-order valence-corrected chi connectivity index (χ2v) is 11.0. The van der Waals surface area contributed by atoms with E-state index in [4.69, 9.17) is 4.74 Å². The van der Waals surface area contributed by atoms with Gasteiger partial charge in [-0.25, -0.2) is 18.4 Å². The number of rotatable bonds is 4. The second-order valence-electron chi connectivity index (χ2n) is 9.02. The van der Waals surface area contributed by atoms with Crippen LogP contribution in [0.25, 0.3) is 5.57 Å². The Hall–Kier alpha value is -2.52. The topological polar surface area (TPSA) is 88.5 Å². The van der Waals surface area contributed by atoms with E-state index in [0.29, 0.717) is 25.4 Å². The van der Waals surface area contributed by atoms with Crippen LogP contribution in [-0.2, 0) is 16.4 Å². The molecule has 0 saturated carbocycles. The Bertz CT molecular complexity index is 1120. The SMILES string of the molecule is Cc1cnc(N2CCC([C@H]3Cc4cc(C5=CCN(S(C)(=O)=O)CC5)ncc4O3)CC2)nc1. The Kier molecular flexibility index (Phi) is 5.63. The van der Waals surface area contributed by atoms with Gasteiger partial charge in [0.05, 0.1) is 18.1 Å². The molecule has 8 nitrogen and oxygen atoms in total. The minimum absolute atomic E-state index is 0.184. The van der Waals surface area contributed by atoms with E-state index in [0.717, 1.165) is 60.9 Å². The van der Waals surface area contributed by atoms with Gasteiger partial charge in [-0.3, -0.25) is 4.98 Å². The number of hydrogen-bond acceptors (Lipinski definition) is 7. The quantitative estimate of drug-likeness (QED) is 0.700. The van der Waals surface area contributed by atoms with Gasteiger partial charge < -0.3 is 9.64 Å². The zero-order valence-corrected chi connectivity index (χ0v) is 19.4. The molecule has 0 amide bonds. The van der Waals surface area contributed by atoms with Crippen molar-refractivity contribution in [1.82, 2.24) is 19.3 Å². The van der Waals surface area contributed by atoms with Crippen molar-refractivity contribution in [3.63, 3.8) is 0 Å². The first-order chi connectivity index (χ1) is 15.4. The van der Waals surface area contributed by atoms with Crippen molar-refractivity contribution in [2.75, 3.05) is 37.3 Å². The summed E-state index contributed by atoms with van der Waals surface area (Å²) in [7, 11) is -3.15. The summed E-state index contributed by atoms with van der Waals surface area (Å²) in [5, 5.41) is 0. The summed E-state index contributed by atoms with van der Waals surface area (Å²) >= 11 is 0. The standard InChI is InChI=1S/C23H29N5O3S/c1-16-13-25-23(26-14-16)27-7-3-18(4-8-27)21-12-19-11-20(24-15-22(19)31-21)17-5-9-28(10-6-17)32(2,29)30/h5,11,13-15,18,21H,3-4,6-10,12H2,1-2H3/t21-/m1/s1. The van der Waals surface area contributed by atoms with Gasteiger partial charge in [0.15, 0.2) is 0 Å². The Morgan fingerprint density at radius 2 is 1.81 bits per heavy atom. The maximum Gasteiger partial charge on any atom is 0.225 e. The second kappa shape index (κ2) is 8.44. The number of aromatic nitrogens is 3. The molecule has 0 N–H and O–H groups in total. The molecule has 5 heterocycles. The van der Waals surface area contributed by atoms with Gasteiger partial charge >= 0.3 is 0 Å². The van der Waals surface area contributed by atoms with Crippen LogP contribution in [0.4, 0.5) is 5.95 Å². The fourth-order valence-corrected chi connectivity index (χ4v) is 5.58. The monoisotopic (exact) mass is 455 g/mol. The number of anilines is 1. The first kappa shape index (κ1) is 21.3. The maximum absolute atomic E-state index is 11.7. The number of piperidine rings is 1. The lowest BCUT2D eigenvalue weighted by molar-refractivity contribution is 0.138. The number of nitrogens with zero attached hydrogens (tertiary/aromatic N) is 5. The molecule has 0 spiro atoms. The van der Waals surface area contributed by atoms with E-state index in [1.54, 1.807) is 0 Å². The lowest BCUT2D eigenvalue weighted by atomic mass is 9.89. The lowest BCUT2D eigenvalue weighted by Crippen LogP contribution is -2.40. The van der Waals surface area contributed by atoms with Crippen LogP contribution in [0.3, 0.4) is 0 Å². The van der Waals surface area contributed by atoms with Gasteiger partial charge in [0.1, 0.15) is 11.9 Å². The van der Waals surface area contributed by atoms with Crippen LogP contribution in [0, 0.1) is 12.8 Å². The van der Waals surface area contributed by atoms with E-state index in [-0.39, 0.29) is 6.10 Å². The van der Waals surface area contributed by atoms with Crippen LogP contribution in [0.2, 0.25) is 0 Å². The number of hydrogen-bond donors (Lipinski definition) is 0. The van der Waals surface area contributed by atoms with Gasteiger partial charge in [-0.2, -0.15) is 4.31 Å². The highest BCUT2D eigenvalue weighted by Gasteiger charge is 2.34. The van der Waals surface area contributed by atoms with E-state index in [1.807, 2.05) is 31.6 Å². The van der Waals surface area contributed by atoms with E-state index in [2.05, 4.69) is 25.9 Å². The first-order valence-electron chi connectivity index (χ1n) is 11.2. The third kappa shape index (κ3) is 4.36. The summed E-state index contributed by atoms with van der Waals surface area (Å²) in [5.74, 6) is 2.20. The van der Waals surface area contributed by atoms with Gasteiger partial charge in [-0.05, 0) is 49.3 Å². The fraction of sp³-hybridized carbons (Fsp3) is 0.522. The molecule has 0 unspecified atom stereocenters. The average molecular weight is 456 g/mol. The van der Waals surface area contributed by atoms with Crippen LogP contribution in [0.1, 0.15) is 36.1 Å². The zero-order valence-electron chi connectivity index (χ0n) is 18.6. The summed E-state index contributed by atoms with van der Waals surface area (Å²) < 4.78 is 31.3. The van der Waals surface area contributed by atoms with Gasteiger partial charge in [0, 0.05) is 50.6 Å². The number of sulfonamides is 1. The molecule has 0 aromatic carbocycles. The van der Waals surface area contributed by atoms with Crippen LogP contribution in [-0.4, -0.2) is 66.2 Å². The predicted molar refractivity (Wildman–Crippen MR) is 123 cm³/mol. The van der Waals surface area contributed by atoms with Gasteiger partial charge in [0.2, 0.25) is 16.0 Å². The normalized spacial score (nSPS) is 22.4. The Balaban J connectivity index is 1.21. The molecular formula is C23H29N5O3S. The van der Waals surface area contributed by atoms with Crippen molar-refractivity contribution in [2.24, 2.45) is 5.92 Å². The van der Waals surface area contributed by atoms with E-state index < -0.39 is 10.0 Å². The van der Waals surface area contributed by atoms with Crippen LogP contribution >= 0.6 is 0 Å². The number of pyridine rings is 1. The van der Waals surface area contributed by atoms with Gasteiger partial charge in [-0.1, -0.05) is 6.08 Å². The minimum Gasteiger partial charge on any atom is -0.488 e. The van der Waals surface area contributed by atoms with E-state index >= 15 is 0 Å². The highest BCUT2D eigenvalue weighted by Crippen LogP contribution is 2.36. The Labute approximate surface area is 189 Å². The van der Waals surface area contributed by atoms with Crippen molar-refractivity contribution >= 4 is 21.5 Å². The molecule has 5 rings (SSSR count). The Morgan fingerprint density at radius 3 is 2.47 bits per heavy atom. The first-order valence-corrected chi connectivity index (χ1v) is 13.1. The number of fused-ring (bicyclic) bond motifs is 1. The molecule has 3 aliphatic rings. The smallest absolute Gasteiger partial charge is 0.225 e. The summed E-state index contributed by atoms with van der Waals surface area (Å²) in [6.45, 7) is 4.80. The molecule has 1 fully saturated rings. The molecule has 0 aliphatic carbocycles. The van der Waals surface area contributed by atoms with Crippen molar-refractivity contribution in [2.45, 2.75) is 38.7 Å². The Morgan fingerprint density at radius 1 is 1.06 bits per heavy atom. The van der Waals surface area contributed by atoms with Crippen LogP contribution < -0.4 is 9.64 Å². The summed E-state index contributed by atoms with van der Waals surface area (Å²) in [6, 6.07) is 2.13. The molecule has 2 aromatic heterocycles. The van der Waals surface area contributed by atoms with Crippen molar-refractivity contribution in [1.29, 1.82) is 0 Å². The highest BCUT2D eigenvalue weighted by atomic mass is 32.2. The van der Waals surface area contributed by atoms with Crippen LogP contribution in [0.15, 0.2) is 30.7 Å². The van der Waals surface area contributed by atoms with Crippen molar-refractivity contribution in [3.05, 3.63) is 47.6 Å². The number of ether oxygens (including phenoxy) is 1. The fourth-order valence-electron chi connectivity index (χ4n) is 4.81. The molecular weight excluding hydrogens is 426 g/mol. The third-order valence-electron chi connectivity index (χ3n) is 6.73. The molecule has 3 aliphatic heterocycles. The average Bonchev–Trinajstić information content (AvgIpc) is 3.23. The molecule has 2 aromatic rings. The molecule has 1 atom stereocenters. The maximum atomic E-state index is 11.7. The van der Waals surface area contributed by atoms with Gasteiger partial charge in [-0.15, -0.1) is 0 Å². The van der Waals surface area contributed by atoms with Crippen molar-refractivity contribution < 1.29 is 13.2 Å². The van der Waals surface area contributed by atoms with E-state index in [9.17, 15) is 8.42 Å². The molecule has 0 radical (unpaired) electrons. The zero-order chi connectivity index (χ0) is 22.3. The molecule has 32 heavy (non-hydrogen) atoms. The van der Waals surface area contributed by atoms with Crippen molar-refractivity contribution in [3.8, 4) is 5.75 Å². The third-order valence-corrected chi connectivity index (χ3v) is 8.00. The van der Waals surface area contributed by atoms with Gasteiger partial charge in [0.25, 0.3) is 0 Å². The molecule has 9 heteroatoms. The molecule has 170 valence electrons. The summed E-state index contributed by atoms with van der Waals surface area (Å²) in [6.07, 6.45) is 12.7. The van der Waals surface area contributed by atoms with Crippen LogP contribution in [0.5, 0.6) is 5.75 Å². The predicted octanol–water partition coefficient (Wildman–Crippen LogP) is 2.45. The molecule has 1 saturated heterocycles. The number of aryl methyl sites for hydroxylation is 1.